The maximum Gasteiger partial charge on any atom is 0.0458 e. The van der Waals surface area contributed by atoms with Crippen LogP contribution in [0, 0.1) is 24.7 Å². The number of aryl methyl sites for hydroxylation is 1. The van der Waals surface area contributed by atoms with E-state index < -0.39 is 0 Å². The second-order valence-corrected chi connectivity index (χ2v) is 6.47. The van der Waals surface area contributed by atoms with E-state index in [0.29, 0.717) is 17.8 Å². The fourth-order valence-corrected chi connectivity index (χ4v) is 3.55. The second kappa shape index (κ2) is 5.00. The van der Waals surface area contributed by atoms with Gasteiger partial charge in [-0.25, -0.2) is 0 Å². The molecular weight excluding hydrogens is 220 g/mol. The fraction of sp³-hybridized carbons (Fsp3) is 0.688. The molecule has 2 N–H and O–H groups in total. The highest BCUT2D eigenvalue weighted by molar-refractivity contribution is 5.24. The molecule has 0 saturated heterocycles. The number of nitrogens with two attached hydrogens (primary N) is 1. The summed E-state index contributed by atoms with van der Waals surface area (Å²) in [6.07, 6.45) is 5.62. The molecule has 0 aromatic carbocycles. The number of hydrogen-bond acceptors (Lipinski definition) is 2. The summed E-state index contributed by atoms with van der Waals surface area (Å²) in [5.74, 6) is 1.91. The van der Waals surface area contributed by atoms with Crippen molar-refractivity contribution < 1.29 is 0 Å². The van der Waals surface area contributed by atoms with E-state index in [1.165, 1.54) is 18.4 Å². The van der Waals surface area contributed by atoms with Gasteiger partial charge in [-0.2, -0.15) is 0 Å². The monoisotopic (exact) mass is 246 g/mol. The van der Waals surface area contributed by atoms with E-state index >= 15 is 0 Å². The Hall–Kier alpha value is -0.890. The Kier molecular flexibility index (Phi) is 3.76. The van der Waals surface area contributed by atoms with Crippen LogP contribution < -0.4 is 5.73 Å². The summed E-state index contributed by atoms with van der Waals surface area (Å²) in [5.41, 5.74) is 8.92. The topological polar surface area (TPSA) is 38.9 Å². The first kappa shape index (κ1) is 13.5. The minimum absolute atomic E-state index is 0.188. The van der Waals surface area contributed by atoms with E-state index in [4.69, 9.17) is 5.73 Å². The minimum Gasteiger partial charge on any atom is -0.321 e. The molecule has 0 bridgehead atoms. The van der Waals surface area contributed by atoms with Gasteiger partial charge in [0.2, 0.25) is 0 Å². The summed E-state index contributed by atoms with van der Waals surface area (Å²) in [5, 5.41) is 0. The quantitative estimate of drug-likeness (QED) is 0.865. The van der Waals surface area contributed by atoms with Crippen LogP contribution in [0.4, 0.5) is 0 Å². The van der Waals surface area contributed by atoms with Crippen LogP contribution in [-0.2, 0) is 5.54 Å². The van der Waals surface area contributed by atoms with Gasteiger partial charge >= 0.3 is 0 Å². The van der Waals surface area contributed by atoms with Gasteiger partial charge in [0.05, 0.1) is 0 Å². The van der Waals surface area contributed by atoms with Gasteiger partial charge in [-0.1, -0.05) is 33.3 Å². The van der Waals surface area contributed by atoms with Crippen molar-refractivity contribution in [2.45, 2.75) is 52.5 Å². The summed E-state index contributed by atoms with van der Waals surface area (Å²) < 4.78 is 0. The zero-order chi connectivity index (χ0) is 13.3. The van der Waals surface area contributed by atoms with Crippen molar-refractivity contribution in [2.24, 2.45) is 23.5 Å². The van der Waals surface area contributed by atoms with Crippen LogP contribution in [-0.4, -0.2) is 4.98 Å². The summed E-state index contributed by atoms with van der Waals surface area (Å²) in [6.45, 7) is 8.93. The van der Waals surface area contributed by atoms with Crippen LogP contribution in [0.3, 0.4) is 0 Å². The zero-order valence-electron chi connectivity index (χ0n) is 12.1. The van der Waals surface area contributed by atoms with E-state index in [1.807, 2.05) is 13.1 Å². The van der Waals surface area contributed by atoms with Crippen LogP contribution in [0.25, 0.3) is 0 Å². The predicted molar refractivity (Wildman–Crippen MR) is 76.2 cm³/mol. The Morgan fingerprint density at radius 1 is 1.33 bits per heavy atom. The summed E-state index contributed by atoms with van der Waals surface area (Å²) in [7, 11) is 0. The maximum atomic E-state index is 6.83. The van der Waals surface area contributed by atoms with Crippen molar-refractivity contribution in [2.75, 3.05) is 0 Å². The minimum atomic E-state index is -0.188. The van der Waals surface area contributed by atoms with Crippen molar-refractivity contribution in [3.05, 3.63) is 29.6 Å². The van der Waals surface area contributed by atoms with Gasteiger partial charge < -0.3 is 5.73 Å². The second-order valence-electron chi connectivity index (χ2n) is 6.47. The zero-order valence-corrected chi connectivity index (χ0v) is 12.1. The number of rotatable bonds is 2. The predicted octanol–water partition coefficient (Wildman–Crippen LogP) is 3.64. The van der Waals surface area contributed by atoms with Crippen molar-refractivity contribution in [3.8, 4) is 0 Å². The lowest BCUT2D eigenvalue weighted by Gasteiger charge is -2.46. The molecule has 1 heterocycles. The van der Waals surface area contributed by atoms with Gasteiger partial charge in [0.15, 0.2) is 0 Å². The van der Waals surface area contributed by atoms with Crippen molar-refractivity contribution in [1.29, 1.82) is 0 Å². The first-order valence-corrected chi connectivity index (χ1v) is 7.15. The number of hydrogen-bond donors (Lipinski definition) is 1. The molecule has 18 heavy (non-hydrogen) atoms. The molecule has 2 heteroatoms. The van der Waals surface area contributed by atoms with E-state index in [-0.39, 0.29) is 5.54 Å². The molecule has 3 unspecified atom stereocenters. The van der Waals surface area contributed by atoms with Crippen molar-refractivity contribution in [3.63, 3.8) is 0 Å². The van der Waals surface area contributed by atoms with Crippen molar-refractivity contribution >= 4 is 0 Å². The highest BCUT2D eigenvalue weighted by Crippen LogP contribution is 2.45. The molecule has 2 rings (SSSR count). The first-order chi connectivity index (χ1) is 8.43. The van der Waals surface area contributed by atoms with Crippen LogP contribution in [0.1, 0.15) is 51.3 Å². The van der Waals surface area contributed by atoms with E-state index in [0.717, 1.165) is 12.1 Å². The molecule has 1 aromatic heterocycles. The molecule has 1 aliphatic carbocycles. The lowest BCUT2D eigenvalue weighted by Crippen LogP contribution is -2.50. The molecule has 1 aliphatic rings. The molecule has 1 saturated carbocycles. The molecule has 0 spiro atoms. The molecule has 1 fully saturated rings. The Labute approximate surface area is 111 Å². The largest absolute Gasteiger partial charge is 0.321 e. The number of pyridine rings is 1. The molecule has 0 aliphatic heterocycles. The molecule has 0 amide bonds. The van der Waals surface area contributed by atoms with Gasteiger partial charge in [-0.05, 0) is 49.1 Å². The van der Waals surface area contributed by atoms with Crippen LogP contribution in [0.15, 0.2) is 18.3 Å². The van der Waals surface area contributed by atoms with Gasteiger partial charge in [0.1, 0.15) is 0 Å². The highest BCUT2D eigenvalue weighted by atomic mass is 14.8. The van der Waals surface area contributed by atoms with Gasteiger partial charge in [-0.15, -0.1) is 0 Å². The Bertz CT molecular complexity index is 396. The third-order valence-electron chi connectivity index (χ3n) is 4.57. The normalized spacial score (nSPS) is 32.8. The lowest BCUT2D eigenvalue weighted by atomic mass is 9.63. The summed E-state index contributed by atoms with van der Waals surface area (Å²) >= 11 is 0. The lowest BCUT2D eigenvalue weighted by molar-refractivity contribution is 0.108. The van der Waals surface area contributed by atoms with Gasteiger partial charge in [-0.3, -0.25) is 4.98 Å². The van der Waals surface area contributed by atoms with Crippen LogP contribution >= 0.6 is 0 Å². The Balaban J connectivity index is 2.37. The van der Waals surface area contributed by atoms with Gasteiger partial charge in [0, 0.05) is 17.4 Å². The smallest absolute Gasteiger partial charge is 0.0458 e. The Morgan fingerprint density at radius 3 is 2.61 bits per heavy atom. The van der Waals surface area contributed by atoms with Crippen molar-refractivity contribution in [1.82, 2.24) is 4.98 Å². The summed E-state index contributed by atoms with van der Waals surface area (Å²) in [4.78, 5) is 4.44. The van der Waals surface area contributed by atoms with Crippen LogP contribution in [0.2, 0.25) is 0 Å². The molecule has 0 radical (unpaired) electrons. The third-order valence-corrected chi connectivity index (χ3v) is 4.57. The molecule has 1 aromatic rings. The number of aromatic nitrogens is 1. The highest BCUT2D eigenvalue weighted by Gasteiger charge is 2.42. The molecule has 100 valence electrons. The third kappa shape index (κ3) is 2.44. The van der Waals surface area contributed by atoms with E-state index in [2.05, 4.69) is 37.9 Å². The summed E-state index contributed by atoms with van der Waals surface area (Å²) in [6, 6.07) is 4.26. The Morgan fingerprint density at radius 2 is 2.06 bits per heavy atom. The molecule has 2 nitrogen and oxygen atoms in total. The van der Waals surface area contributed by atoms with Crippen LogP contribution in [0.5, 0.6) is 0 Å². The SMILES string of the molecule is Cc1ccc(C2(N)CC(C)CCC2C(C)C)cn1. The maximum absolute atomic E-state index is 6.83. The molecular formula is C16H26N2. The average molecular weight is 246 g/mol. The van der Waals surface area contributed by atoms with Gasteiger partial charge in [0.25, 0.3) is 0 Å². The first-order valence-electron chi connectivity index (χ1n) is 7.15. The standard InChI is InChI=1S/C16H26N2/c1-11(2)15-8-5-12(3)9-16(15,17)14-7-6-13(4)18-10-14/h6-7,10-12,15H,5,8-9,17H2,1-4H3. The fourth-order valence-electron chi connectivity index (χ4n) is 3.55. The molecule has 3 atom stereocenters. The van der Waals surface area contributed by atoms with E-state index in [9.17, 15) is 0 Å². The number of nitrogens with zero attached hydrogens (tertiary/aromatic N) is 1. The average Bonchev–Trinajstić information content (AvgIpc) is 2.28. The van der Waals surface area contributed by atoms with E-state index in [1.54, 1.807) is 0 Å².